The van der Waals surface area contributed by atoms with E-state index < -0.39 is 0 Å². The second kappa shape index (κ2) is 9.29. The Balaban J connectivity index is 2.77. The molecule has 0 fully saturated rings. The maximum absolute atomic E-state index is 10.7. The molecule has 1 aromatic rings. The number of nitrogens with one attached hydrogen (secondary N) is 1. The van der Waals surface area contributed by atoms with Crippen LogP contribution in [0.5, 0.6) is 5.75 Å². The first kappa shape index (κ1) is 17.4. The van der Waals surface area contributed by atoms with Gasteiger partial charge in [0.25, 0.3) is 0 Å². The van der Waals surface area contributed by atoms with Crippen LogP contribution in [-0.2, 0) is 4.79 Å². The highest BCUT2D eigenvalue weighted by Gasteiger charge is 2.11. The van der Waals surface area contributed by atoms with Crippen molar-refractivity contribution >= 4 is 39.8 Å². The molecular formula is C15H22BrNO2S. The molecule has 0 aromatic heterocycles. The summed E-state index contributed by atoms with van der Waals surface area (Å²) in [7, 11) is 1.64. The third-order valence-electron chi connectivity index (χ3n) is 3.04. The highest BCUT2D eigenvalue weighted by Crippen LogP contribution is 2.37. The predicted octanol–water partition coefficient (Wildman–Crippen LogP) is 4.94. The van der Waals surface area contributed by atoms with Gasteiger partial charge in [-0.3, -0.25) is 4.79 Å². The number of amides is 1. The summed E-state index contributed by atoms with van der Waals surface area (Å²) in [6.45, 7) is 4.48. The van der Waals surface area contributed by atoms with Crippen molar-refractivity contribution in [2.75, 3.05) is 18.2 Å². The Morgan fingerprint density at radius 2 is 2.25 bits per heavy atom. The molecule has 1 rings (SSSR count). The number of anilines is 1. The molecule has 20 heavy (non-hydrogen) atoms. The van der Waals surface area contributed by atoms with Crippen LogP contribution >= 0.6 is 27.7 Å². The molecule has 0 saturated carbocycles. The lowest BCUT2D eigenvalue weighted by Crippen LogP contribution is -2.01. The summed E-state index contributed by atoms with van der Waals surface area (Å²) in [5.41, 5.74) is 0.820. The van der Waals surface area contributed by atoms with Gasteiger partial charge in [-0.1, -0.05) is 26.7 Å². The molecule has 0 heterocycles. The third kappa shape index (κ3) is 5.37. The van der Waals surface area contributed by atoms with Gasteiger partial charge in [0.2, 0.25) is 6.41 Å². The molecule has 1 amide bonds. The minimum atomic E-state index is 0.665. The molecule has 0 aliphatic heterocycles. The molecule has 3 nitrogen and oxygen atoms in total. The number of hydrogen-bond acceptors (Lipinski definition) is 3. The molecule has 1 atom stereocenters. The highest BCUT2D eigenvalue weighted by molar-refractivity contribution is 9.10. The van der Waals surface area contributed by atoms with Gasteiger partial charge in [0.1, 0.15) is 5.75 Å². The first-order chi connectivity index (χ1) is 9.62. The van der Waals surface area contributed by atoms with E-state index in [2.05, 4.69) is 35.1 Å². The summed E-state index contributed by atoms with van der Waals surface area (Å²) < 4.78 is 6.15. The van der Waals surface area contributed by atoms with E-state index in [1.807, 2.05) is 12.1 Å². The van der Waals surface area contributed by atoms with Gasteiger partial charge in [0.15, 0.2) is 0 Å². The zero-order valence-electron chi connectivity index (χ0n) is 12.2. The topological polar surface area (TPSA) is 38.3 Å². The van der Waals surface area contributed by atoms with E-state index in [1.54, 1.807) is 18.9 Å². The van der Waals surface area contributed by atoms with Crippen molar-refractivity contribution in [3.8, 4) is 5.75 Å². The fraction of sp³-hybridized carbons (Fsp3) is 0.533. The first-order valence-electron chi connectivity index (χ1n) is 6.82. The average Bonchev–Trinajstić information content (AvgIpc) is 2.44. The number of halogens is 1. The Hall–Kier alpha value is -0.680. The maximum atomic E-state index is 10.7. The molecule has 0 bridgehead atoms. The average molecular weight is 360 g/mol. The summed E-state index contributed by atoms with van der Waals surface area (Å²) >= 11 is 5.20. The van der Waals surface area contributed by atoms with Crippen molar-refractivity contribution in [1.82, 2.24) is 0 Å². The smallest absolute Gasteiger partial charge is 0.211 e. The molecule has 1 N–H and O–H groups in total. The van der Waals surface area contributed by atoms with Crippen LogP contribution in [0.2, 0.25) is 0 Å². The third-order valence-corrected chi connectivity index (χ3v) is 5.05. The van der Waals surface area contributed by atoms with Gasteiger partial charge in [-0.25, -0.2) is 0 Å². The van der Waals surface area contributed by atoms with Crippen LogP contribution in [0.1, 0.15) is 33.1 Å². The molecule has 0 radical (unpaired) electrons. The first-order valence-corrected chi connectivity index (χ1v) is 8.60. The van der Waals surface area contributed by atoms with Crippen LogP contribution < -0.4 is 10.1 Å². The van der Waals surface area contributed by atoms with Crippen LogP contribution in [0.3, 0.4) is 0 Å². The number of unbranched alkanes of at least 4 members (excludes halogenated alkanes) is 1. The number of hydrogen-bond donors (Lipinski definition) is 1. The molecular weight excluding hydrogens is 338 g/mol. The van der Waals surface area contributed by atoms with Crippen molar-refractivity contribution in [3.63, 3.8) is 0 Å². The normalized spacial score (nSPS) is 12.0. The monoisotopic (exact) mass is 359 g/mol. The summed E-state index contributed by atoms with van der Waals surface area (Å²) in [6, 6.07) is 3.85. The van der Waals surface area contributed by atoms with Crippen LogP contribution in [0.15, 0.2) is 21.5 Å². The molecule has 1 unspecified atom stereocenters. The standard InChI is InChI=1S/C15H22BrNO2S/c1-4-5-6-11(2)9-20-15-8-14(19-3)12(16)7-13(15)17-10-18/h7-8,10-11H,4-6,9H2,1-3H3,(H,17,18). The Labute approximate surface area is 134 Å². The minimum absolute atomic E-state index is 0.665. The lowest BCUT2D eigenvalue weighted by molar-refractivity contribution is -0.105. The second-order valence-corrected chi connectivity index (χ2v) is 6.72. The van der Waals surface area contributed by atoms with Gasteiger partial charge in [0, 0.05) is 10.6 Å². The van der Waals surface area contributed by atoms with Gasteiger partial charge in [-0.15, -0.1) is 11.8 Å². The zero-order valence-corrected chi connectivity index (χ0v) is 14.6. The van der Waals surface area contributed by atoms with Crippen LogP contribution in [0.4, 0.5) is 5.69 Å². The van der Waals surface area contributed by atoms with Crippen molar-refractivity contribution in [2.45, 2.75) is 38.0 Å². The van der Waals surface area contributed by atoms with Crippen molar-refractivity contribution in [3.05, 3.63) is 16.6 Å². The Morgan fingerprint density at radius 3 is 2.85 bits per heavy atom. The van der Waals surface area contributed by atoms with Crippen molar-refractivity contribution in [1.29, 1.82) is 0 Å². The van der Waals surface area contributed by atoms with Crippen LogP contribution in [-0.4, -0.2) is 19.3 Å². The number of carbonyl (C=O) groups excluding carboxylic acids is 1. The molecule has 5 heteroatoms. The second-order valence-electron chi connectivity index (χ2n) is 4.80. The molecule has 1 aromatic carbocycles. The van der Waals surface area contributed by atoms with E-state index in [-0.39, 0.29) is 0 Å². The number of thioether (sulfide) groups is 1. The quantitative estimate of drug-likeness (QED) is 0.500. The van der Waals surface area contributed by atoms with Gasteiger partial charge in [-0.2, -0.15) is 0 Å². The van der Waals surface area contributed by atoms with Gasteiger partial charge >= 0.3 is 0 Å². The van der Waals surface area contributed by atoms with E-state index in [4.69, 9.17) is 4.74 Å². The summed E-state index contributed by atoms with van der Waals surface area (Å²) in [5.74, 6) is 2.49. The zero-order chi connectivity index (χ0) is 15.0. The van der Waals surface area contributed by atoms with Crippen molar-refractivity contribution in [2.24, 2.45) is 5.92 Å². The van der Waals surface area contributed by atoms with Crippen LogP contribution in [0, 0.1) is 5.92 Å². The highest BCUT2D eigenvalue weighted by atomic mass is 79.9. The lowest BCUT2D eigenvalue weighted by Gasteiger charge is -2.14. The summed E-state index contributed by atoms with van der Waals surface area (Å²) in [6.07, 6.45) is 4.45. The number of rotatable bonds is 9. The molecule has 112 valence electrons. The minimum Gasteiger partial charge on any atom is -0.496 e. The van der Waals surface area contributed by atoms with E-state index >= 15 is 0 Å². The molecule has 0 saturated heterocycles. The molecule has 0 aliphatic rings. The van der Waals surface area contributed by atoms with E-state index in [0.29, 0.717) is 12.3 Å². The summed E-state index contributed by atoms with van der Waals surface area (Å²) in [4.78, 5) is 11.7. The SMILES string of the molecule is CCCCC(C)CSc1cc(OC)c(Br)cc1NC=O. The molecule has 0 aliphatic carbocycles. The van der Waals surface area contributed by atoms with E-state index in [0.717, 1.165) is 26.6 Å². The van der Waals surface area contributed by atoms with Crippen LogP contribution in [0.25, 0.3) is 0 Å². The lowest BCUT2D eigenvalue weighted by atomic mass is 10.1. The predicted molar refractivity (Wildman–Crippen MR) is 89.8 cm³/mol. The Morgan fingerprint density at radius 1 is 1.50 bits per heavy atom. The summed E-state index contributed by atoms with van der Waals surface area (Å²) in [5, 5.41) is 2.75. The van der Waals surface area contributed by atoms with E-state index in [9.17, 15) is 4.79 Å². The number of ether oxygens (including phenoxy) is 1. The largest absolute Gasteiger partial charge is 0.496 e. The van der Waals surface area contributed by atoms with Crippen molar-refractivity contribution < 1.29 is 9.53 Å². The maximum Gasteiger partial charge on any atom is 0.211 e. The Kier molecular flexibility index (Phi) is 8.07. The molecule has 0 spiro atoms. The van der Waals surface area contributed by atoms with Gasteiger partial charge in [-0.05, 0) is 40.4 Å². The Bertz CT molecular complexity index is 440. The fourth-order valence-electron chi connectivity index (χ4n) is 1.85. The fourth-order valence-corrected chi connectivity index (χ4v) is 3.45. The van der Waals surface area contributed by atoms with Gasteiger partial charge in [0.05, 0.1) is 17.3 Å². The van der Waals surface area contributed by atoms with Gasteiger partial charge < -0.3 is 10.1 Å². The number of benzene rings is 1. The van der Waals surface area contributed by atoms with E-state index in [1.165, 1.54) is 19.3 Å². The number of methoxy groups -OCH3 is 1. The number of carbonyl (C=O) groups is 1.